The first-order chi connectivity index (χ1) is 17.6. The Morgan fingerprint density at radius 2 is 1.89 bits per heavy atom. The Morgan fingerprint density at radius 3 is 2.54 bits per heavy atom. The van der Waals surface area contributed by atoms with E-state index in [-0.39, 0.29) is 43.1 Å². The maximum Gasteiger partial charge on any atom is 0.418 e. The molecule has 1 aliphatic heterocycles. The molecule has 0 saturated carbocycles. The number of rotatable bonds is 7. The molecule has 1 saturated heterocycles. The number of hydrogen-bond acceptors (Lipinski definition) is 7. The summed E-state index contributed by atoms with van der Waals surface area (Å²) in [7, 11) is 0. The van der Waals surface area contributed by atoms with Crippen molar-refractivity contribution in [3.05, 3.63) is 77.4 Å². The lowest BCUT2D eigenvalue weighted by molar-refractivity contribution is -0.137. The Balaban J connectivity index is 1.44. The van der Waals surface area contributed by atoms with Gasteiger partial charge in [-0.25, -0.2) is 14.4 Å². The van der Waals surface area contributed by atoms with Gasteiger partial charge in [-0.05, 0) is 36.8 Å². The smallest absolute Gasteiger partial charge is 0.378 e. The van der Waals surface area contributed by atoms with E-state index in [0.717, 1.165) is 12.1 Å². The number of aryl methyl sites for hydroxylation is 1. The van der Waals surface area contributed by atoms with Gasteiger partial charge in [0.05, 0.1) is 47.5 Å². The Labute approximate surface area is 208 Å². The SMILES string of the molecule is Cc1cc(Nc2ccc(F)cc2C(F)(F)F)cnc1CNC(=O)[C@]1(NC(=O)c2cncnc2)CCOC1. The van der Waals surface area contributed by atoms with Crippen molar-refractivity contribution in [3.8, 4) is 0 Å². The Morgan fingerprint density at radius 1 is 1.14 bits per heavy atom. The molecule has 1 aliphatic rings. The summed E-state index contributed by atoms with van der Waals surface area (Å²) in [5.74, 6) is -2.00. The summed E-state index contributed by atoms with van der Waals surface area (Å²) in [5, 5.41) is 8.07. The number of anilines is 2. The summed E-state index contributed by atoms with van der Waals surface area (Å²) >= 11 is 0. The summed E-state index contributed by atoms with van der Waals surface area (Å²) in [4.78, 5) is 37.5. The summed E-state index contributed by atoms with van der Waals surface area (Å²) < 4.78 is 58.6. The van der Waals surface area contributed by atoms with Crippen molar-refractivity contribution in [1.82, 2.24) is 25.6 Å². The summed E-state index contributed by atoms with van der Waals surface area (Å²) in [6, 6.07) is 3.90. The van der Waals surface area contributed by atoms with E-state index in [4.69, 9.17) is 4.74 Å². The van der Waals surface area contributed by atoms with Gasteiger partial charge in [0.2, 0.25) is 5.91 Å². The number of benzene rings is 1. The molecular weight excluding hydrogens is 496 g/mol. The van der Waals surface area contributed by atoms with Crippen LogP contribution in [0.3, 0.4) is 0 Å². The molecule has 13 heteroatoms. The number of nitrogens with zero attached hydrogens (tertiary/aromatic N) is 3. The molecule has 3 aromatic rings. The molecule has 4 rings (SSSR count). The Hall–Kier alpha value is -4.13. The van der Waals surface area contributed by atoms with E-state index in [0.29, 0.717) is 17.3 Å². The fourth-order valence-electron chi connectivity index (χ4n) is 3.81. The minimum Gasteiger partial charge on any atom is -0.378 e. The van der Waals surface area contributed by atoms with Gasteiger partial charge in [-0.1, -0.05) is 0 Å². The number of carbonyl (C=O) groups excluding carboxylic acids is 2. The van der Waals surface area contributed by atoms with Gasteiger partial charge < -0.3 is 20.7 Å². The molecule has 0 unspecified atom stereocenters. The molecule has 0 aliphatic carbocycles. The normalized spacial score (nSPS) is 17.3. The molecule has 3 heterocycles. The quantitative estimate of drug-likeness (QED) is 0.411. The largest absolute Gasteiger partial charge is 0.418 e. The van der Waals surface area contributed by atoms with E-state index in [9.17, 15) is 27.2 Å². The molecule has 0 radical (unpaired) electrons. The lowest BCUT2D eigenvalue weighted by Crippen LogP contribution is -2.59. The van der Waals surface area contributed by atoms with E-state index in [1.54, 1.807) is 13.0 Å². The molecule has 1 atom stereocenters. The zero-order valence-corrected chi connectivity index (χ0v) is 19.5. The predicted molar refractivity (Wildman–Crippen MR) is 123 cm³/mol. The number of halogens is 4. The molecule has 9 nitrogen and oxygen atoms in total. The highest BCUT2D eigenvalue weighted by atomic mass is 19.4. The highest BCUT2D eigenvalue weighted by Crippen LogP contribution is 2.36. The van der Waals surface area contributed by atoms with Crippen LogP contribution in [-0.2, 0) is 22.3 Å². The number of amides is 2. The van der Waals surface area contributed by atoms with Crippen molar-refractivity contribution in [2.75, 3.05) is 18.5 Å². The van der Waals surface area contributed by atoms with Crippen molar-refractivity contribution >= 4 is 23.2 Å². The lowest BCUT2D eigenvalue weighted by Gasteiger charge is -2.27. The van der Waals surface area contributed by atoms with E-state index in [1.807, 2.05) is 0 Å². The summed E-state index contributed by atoms with van der Waals surface area (Å²) in [6.45, 7) is 1.94. The van der Waals surface area contributed by atoms with E-state index in [1.165, 1.54) is 24.9 Å². The van der Waals surface area contributed by atoms with Crippen LogP contribution in [0, 0.1) is 12.7 Å². The van der Waals surface area contributed by atoms with Crippen molar-refractivity contribution < 1.29 is 31.9 Å². The third-order valence-corrected chi connectivity index (χ3v) is 5.80. The van der Waals surface area contributed by atoms with Gasteiger partial charge in [0.1, 0.15) is 17.7 Å². The van der Waals surface area contributed by atoms with Gasteiger partial charge in [-0.15, -0.1) is 0 Å². The average molecular weight is 518 g/mol. The number of alkyl halides is 3. The molecular formula is C24H22F4N6O3. The maximum atomic E-state index is 13.4. The van der Waals surface area contributed by atoms with Crippen LogP contribution >= 0.6 is 0 Å². The number of nitrogens with one attached hydrogen (secondary N) is 3. The average Bonchev–Trinajstić information content (AvgIpc) is 3.34. The van der Waals surface area contributed by atoms with Gasteiger partial charge in [0.15, 0.2) is 0 Å². The monoisotopic (exact) mass is 518 g/mol. The van der Waals surface area contributed by atoms with Gasteiger partial charge >= 0.3 is 6.18 Å². The third kappa shape index (κ3) is 6.00. The first-order valence-corrected chi connectivity index (χ1v) is 11.1. The third-order valence-electron chi connectivity index (χ3n) is 5.80. The second-order valence-corrected chi connectivity index (χ2v) is 8.45. The standard InChI is InChI=1S/C24H22F4N6O3/c1-14-6-17(33-19-3-2-16(25)7-18(19)24(26,27)28)10-31-20(14)11-32-22(36)23(4-5-37-12-23)34-21(35)15-8-29-13-30-9-15/h2-3,6-10,13,33H,4-5,11-12H2,1H3,(H,32,36)(H,34,35)/t23-/m0/s1. The molecule has 3 N–H and O–H groups in total. The minimum absolute atomic E-state index is 0.00135. The Kier molecular flexibility index (Phi) is 7.34. The van der Waals surface area contributed by atoms with Gasteiger partial charge in [0, 0.05) is 25.4 Å². The van der Waals surface area contributed by atoms with E-state index < -0.39 is 34.9 Å². The topological polar surface area (TPSA) is 118 Å². The maximum absolute atomic E-state index is 13.4. The highest BCUT2D eigenvalue weighted by molar-refractivity contribution is 5.99. The Bertz CT molecular complexity index is 1300. The van der Waals surface area contributed by atoms with Crippen LogP contribution < -0.4 is 16.0 Å². The van der Waals surface area contributed by atoms with Gasteiger partial charge in [-0.3, -0.25) is 14.6 Å². The molecule has 1 fully saturated rings. The van der Waals surface area contributed by atoms with Crippen LogP contribution in [0.1, 0.15) is 33.6 Å². The fraction of sp³-hybridized carbons (Fsp3) is 0.292. The first kappa shape index (κ1) is 25.9. The second kappa shape index (κ2) is 10.5. The zero-order chi connectivity index (χ0) is 26.6. The second-order valence-electron chi connectivity index (χ2n) is 8.45. The predicted octanol–water partition coefficient (Wildman–Crippen LogP) is 3.29. The van der Waals surface area contributed by atoms with Crippen LogP contribution in [0.5, 0.6) is 0 Å². The van der Waals surface area contributed by atoms with Crippen LogP contribution in [0.2, 0.25) is 0 Å². The first-order valence-electron chi connectivity index (χ1n) is 11.1. The van der Waals surface area contributed by atoms with Gasteiger partial charge in [-0.2, -0.15) is 13.2 Å². The number of hydrogen-bond donors (Lipinski definition) is 3. The number of pyridine rings is 1. The summed E-state index contributed by atoms with van der Waals surface area (Å²) in [6.07, 6.45) is 0.756. The fourth-order valence-corrected chi connectivity index (χ4v) is 3.81. The molecule has 194 valence electrons. The zero-order valence-electron chi connectivity index (χ0n) is 19.5. The number of aromatic nitrogens is 3. The molecule has 1 aromatic carbocycles. The lowest BCUT2D eigenvalue weighted by atomic mass is 9.96. The van der Waals surface area contributed by atoms with Crippen molar-refractivity contribution in [2.45, 2.75) is 31.6 Å². The van der Waals surface area contributed by atoms with Crippen molar-refractivity contribution in [3.63, 3.8) is 0 Å². The molecule has 2 amide bonds. The minimum atomic E-state index is -4.75. The van der Waals surface area contributed by atoms with Crippen LogP contribution in [0.25, 0.3) is 0 Å². The van der Waals surface area contributed by atoms with Gasteiger partial charge in [0.25, 0.3) is 5.91 Å². The highest BCUT2D eigenvalue weighted by Gasteiger charge is 2.44. The molecule has 0 spiro atoms. The molecule has 37 heavy (non-hydrogen) atoms. The van der Waals surface area contributed by atoms with Crippen molar-refractivity contribution in [1.29, 1.82) is 0 Å². The van der Waals surface area contributed by atoms with Crippen LogP contribution in [0.15, 0.2) is 49.2 Å². The number of carbonyl (C=O) groups is 2. The van der Waals surface area contributed by atoms with Crippen LogP contribution in [0.4, 0.5) is 28.9 Å². The molecule has 2 aromatic heterocycles. The van der Waals surface area contributed by atoms with E-state index in [2.05, 4.69) is 30.9 Å². The van der Waals surface area contributed by atoms with Crippen molar-refractivity contribution in [2.24, 2.45) is 0 Å². The summed E-state index contributed by atoms with van der Waals surface area (Å²) in [5.41, 5.74) is -1.26. The number of ether oxygens (including phenoxy) is 1. The molecule has 0 bridgehead atoms. The van der Waals surface area contributed by atoms with E-state index >= 15 is 0 Å². The van der Waals surface area contributed by atoms with Crippen LogP contribution in [-0.4, -0.2) is 45.5 Å².